The van der Waals surface area contributed by atoms with Gasteiger partial charge in [-0.3, -0.25) is 0 Å². The van der Waals surface area contributed by atoms with Gasteiger partial charge < -0.3 is 15.6 Å². The molecule has 0 fully saturated rings. The first kappa shape index (κ1) is 11.8. The minimum absolute atomic E-state index is 0.207. The highest BCUT2D eigenvalue weighted by Gasteiger charge is 2.01. The van der Waals surface area contributed by atoms with E-state index in [2.05, 4.69) is 0 Å². The number of aliphatic hydroxyl groups excluding tert-OH is 1. The molecule has 0 saturated heterocycles. The van der Waals surface area contributed by atoms with Crippen LogP contribution in [0.5, 0.6) is 5.75 Å². The van der Waals surface area contributed by atoms with Gasteiger partial charge in [0.2, 0.25) is 0 Å². The van der Waals surface area contributed by atoms with Gasteiger partial charge in [-0.05, 0) is 31.4 Å². The van der Waals surface area contributed by atoms with Gasteiger partial charge in [0.15, 0.2) is 0 Å². The van der Waals surface area contributed by atoms with E-state index >= 15 is 0 Å². The molecule has 0 unspecified atom stereocenters. The number of unbranched alkanes of at least 4 members (excludes halogenated alkanes) is 2. The van der Waals surface area contributed by atoms with E-state index < -0.39 is 0 Å². The summed E-state index contributed by atoms with van der Waals surface area (Å²) in [5.41, 5.74) is 5.87. The number of benzene rings is 1. The first-order valence-corrected chi connectivity index (χ1v) is 5.02. The van der Waals surface area contributed by atoms with E-state index in [9.17, 15) is 4.39 Å². The Labute approximate surface area is 88.7 Å². The molecule has 4 heteroatoms. The number of ether oxygens (including phenoxy) is 1. The highest BCUT2D eigenvalue weighted by Crippen LogP contribution is 2.21. The summed E-state index contributed by atoms with van der Waals surface area (Å²) in [5.74, 6) is 0.153. The highest BCUT2D eigenvalue weighted by molar-refractivity contribution is 5.52. The van der Waals surface area contributed by atoms with E-state index in [1.54, 1.807) is 0 Å². The highest BCUT2D eigenvalue weighted by atomic mass is 19.1. The van der Waals surface area contributed by atoms with Crippen LogP contribution in [0, 0.1) is 5.82 Å². The lowest BCUT2D eigenvalue weighted by atomic mass is 10.2. The van der Waals surface area contributed by atoms with Gasteiger partial charge in [0.1, 0.15) is 11.6 Å². The van der Waals surface area contributed by atoms with Crippen LogP contribution in [-0.4, -0.2) is 18.3 Å². The predicted molar refractivity (Wildman–Crippen MR) is 57.2 cm³/mol. The molecule has 1 rings (SSSR count). The molecule has 3 nitrogen and oxygen atoms in total. The van der Waals surface area contributed by atoms with Gasteiger partial charge in [0, 0.05) is 12.7 Å². The van der Waals surface area contributed by atoms with E-state index in [1.165, 1.54) is 18.2 Å². The van der Waals surface area contributed by atoms with Crippen LogP contribution in [0.25, 0.3) is 0 Å². The molecule has 1 aromatic rings. The van der Waals surface area contributed by atoms with Crippen LogP contribution in [0.15, 0.2) is 18.2 Å². The maximum atomic E-state index is 12.7. The number of aliphatic hydroxyl groups is 1. The molecule has 0 spiro atoms. The summed E-state index contributed by atoms with van der Waals surface area (Å²) in [6, 6.07) is 4.08. The summed E-state index contributed by atoms with van der Waals surface area (Å²) in [4.78, 5) is 0. The number of halogens is 1. The molecule has 0 saturated carbocycles. The van der Waals surface area contributed by atoms with E-state index in [1.807, 2.05) is 0 Å². The van der Waals surface area contributed by atoms with Crippen LogP contribution in [0.2, 0.25) is 0 Å². The summed E-state index contributed by atoms with van der Waals surface area (Å²) in [6.07, 6.45) is 2.55. The van der Waals surface area contributed by atoms with Crippen molar-refractivity contribution >= 4 is 5.69 Å². The second-order valence-corrected chi connectivity index (χ2v) is 3.31. The van der Waals surface area contributed by atoms with Crippen LogP contribution in [-0.2, 0) is 0 Å². The lowest BCUT2D eigenvalue weighted by molar-refractivity contribution is 0.266. The number of rotatable bonds is 6. The first-order chi connectivity index (χ1) is 7.24. The molecule has 3 N–H and O–H groups in total. The Morgan fingerprint density at radius 3 is 2.73 bits per heavy atom. The Kier molecular flexibility index (Phi) is 4.90. The molecule has 84 valence electrons. The molecular formula is C11H16FNO2. The molecule has 0 radical (unpaired) electrons. The summed E-state index contributed by atoms with van der Waals surface area (Å²) in [7, 11) is 0. The van der Waals surface area contributed by atoms with Crippen molar-refractivity contribution < 1.29 is 14.2 Å². The van der Waals surface area contributed by atoms with Crippen molar-refractivity contribution in [3.63, 3.8) is 0 Å². The zero-order valence-electron chi connectivity index (χ0n) is 8.58. The van der Waals surface area contributed by atoms with Gasteiger partial charge in [-0.2, -0.15) is 0 Å². The number of nitrogen functional groups attached to an aromatic ring is 1. The average Bonchev–Trinajstić information content (AvgIpc) is 2.20. The Morgan fingerprint density at radius 2 is 2.07 bits per heavy atom. The third-order valence-corrected chi connectivity index (χ3v) is 2.03. The summed E-state index contributed by atoms with van der Waals surface area (Å²) < 4.78 is 18.0. The van der Waals surface area contributed by atoms with Crippen molar-refractivity contribution in [1.29, 1.82) is 0 Å². The van der Waals surface area contributed by atoms with Gasteiger partial charge in [0.25, 0.3) is 0 Å². The molecule has 0 atom stereocenters. The van der Waals surface area contributed by atoms with Crippen molar-refractivity contribution in [3.8, 4) is 5.75 Å². The van der Waals surface area contributed by atoms with Gasteiger partial charge in [-0.1, -0.05) is 0 Å². The minimum Gasteiger partial charge on any atom is -0.491 e. The Hall–Kier alpha value is -1.29. The molecule has 0 aliphatic carbocycles. The van der Waals surface area contributed by atoms with E-state index in [0.717, 1.165) is 19.3 Å². The Balaban J connectivity index is 2.31. The third kappa shape index (κ3) is 4.16. The molecule has 15 heavy (non-hydrogen) atoms. The maximum Gasteiger partial charge on any atom is 0.142 e. The summed E-state index contributed by atoms with van der Waals surface area (Å²) in [6.45, 7) is 0.745. The quantitative estimate of drug-likeness (QED) is 0.561. The fraction of sp³-hybridized carbons (Fsp3) is 0.455. The predicted octanol–water partition coefficient (Wildman–Crippen LogP) is 1.95. The normalized spacial score (nSPS) is 10.3. The van der Waals surface area contributed by atoms with Gasteiger partial charge >= 0.3 is 0 Å². The summed E-state index contributed by atoms with van der Waals surface area (Å²) in [5, 5.41) is 8.55. The molecule has 0 amide bonds. The zero-order valence-corrected chi connectivity index (χ0v) is 8.58. The molecule has 0 heterocycles. The lowest BCUT2D eigenvalue weighted by Gasteiger charge is -2.08. The van der Waals surface area contributed by atoms with Crippen molar-refractivity contribution in [2.75, 3.05) is 18.9 Å². The van der Waals surface area contributed by atoms with Crippen molar-refractivity contribution in [2.45, 2.75) is 19.3 Å². The number of nitrogens with two attached hydrogens (primary N) is 1. The van der Waals surface area contributed by atoms with E-state index in [4.69, 9.17) is 15.6 Å². The van der Waals surface area contributed by atoms with Gasteiger partial charge in [-0.15, -0.1) is 0 Å². The molecule has 1 aromatic carbocycles. The number of anilines is 1. The van der Waals surface area contributed by atoms with Crippen LogP contribution in [0.4, 0.5) is 10.1 Å². The molecule has 0 bridgehead atoms. The maximum absolute atomic E-state index is 12.7. The minimum atomic E-state index is -0.361. The SMILES string of the molecule is Nc1cc(F)ccc1OCCCCCO. The Bertz CT molecular complexity index is 305. The molecular weight excluding hydrogens is 197 g/mol. The Morgan fingerprint density at radius 1 is 1.27 bits per heavy atom. The number of hydrogen-bond donors (Lipinski definition) is 2. The molecule has 0 aromatic heterocycles. The van der Waals surface area contributed by atoms with Gasteiger partial charge in [-0.25, -0.2) is 4.39 Å². The molecule has 0 aliphatic heterocycles. The smallest absolute Gasteiger partial charge is 0.142 e. The monoisotopic (exact) mass is 213 g/mol. The van der Waals surface area contributed by atoms with E-state index in [0.29, 0.717) is 18.0 Å². The topological polar surface area (TPSA) is 55.5 Å². The lowest BCUT2D eigenvalue weighted by Crippen LogP contribution is -2.01. The van der Waals surface area contributed by atoms with Crippen molar-refractivity contribution in [3.05, 3.63) is 24.0 Å². The first-order valence-electron chi connectivity index (χ1n) is 5.02. The third-order valence-electron chi connectivity index (χ3n) is 2.03. The van der Waals surface area contributed by atoms with Crippen LogP contribution >= 0.6 is 0 Å². The van der Waals surface area contributed by atoms with Crippen molar-refractivity contribution in [1.82, 2.24) is 0 Å². The van der Waals surface area contributed by atoms with Crippen molar-refractivity contribution in [2.24, 2.45) is 0 Å². The average molecular weight is 213 g/mol. The largest absolute Gasteiger partial charge is 0.491 e. The standard InChI is InChI=1S/C11H16FNO2/c12-9-4-5-11(10(13)8-9)15-7-3-1-2-6-14/h4-5,8,14H,1-3,6-7,13H2. The fourth-order valence-corrected chi connectivity index (χ4v) is 1.22. The molecule has 0 aliphatic rings. The second kappa shape index (κ2) is 6.24. The van der Waals surface area contributed by atoms with E-state index in [-0.39, 0.29) is 12.4 Å². The van der Waals surface area contributed by atoms with Crippen LogP contribution in [0.3, 0.4) is 0 Å². The zero-order chi connectivity index (χ0) is 11.1. The summed E-state index contributed by atoms with van der Waals surface area (Å²) >= 11 is 0. The second-order valence-electron chi connectivity index (χ2n) is 3.31. The van der Waals surface area contributed by atoms with Gasteiger partial charge in [0.05, 0.1) is 12.3 Å². The van der Waals surface area contributed by atoms with Crippen LogP contribution in [0.1, 0.15) is 19.3 Å². The van der Waals surface area contributed by atoms with Crippen LogP contribution < -0.4 is 10.5 Å². The fourth-order valence-electron chi connectivity index (χ4n) is 1.22. The number of hydrogen-bond acceptors (Lipinski definition) is 3.